The maximum Gasteiger partial charge on any atom is 0.270 e. The third-order valence-corrected chi connectivity index (χ3v) is 5.11. The fourth-order valence-corrected chi connectivity index (χ4v) is 3.27. The Morgan fingerprint density at radius 2 is 1.49 bits per heavy atom. The van der Waals surface area contributed by atoms with E-state index < -0.39 is 4.92 Å². The number of rotatable bonds is 10. The Bertz CT molecular complexity index is 1290. The van der Waals surface area contributed by atoms with Crippen molar-refractivity contribution in [1.29, 1.82) is 0 Å². The summed E-state index contributed by atoms with van der Waals surface area (Å²) in [4.78, 5) is 22.9. The molecule has 0 radical (unpaired) electrons. The zero-order valence-electron chi connectivity index (χ0n) is 19.6. The highest BCUT2D eigenvalue weighted by Crippen LogP contribution is 2.31. The molecule has 0 spiro atoms. The average Bonchev–Trinajstić information content (AvgIpc) is 2.89. The van der Waals surface area contributed by atoms with E-state index in [0.717, 1.165) is 16.9 Å². The first-order valence-corrected chi connectivity index (χ1v) is 10.7. The SMILES string of the molecule is COc1ccc(/C=C/c2cc(OC)cc(OC)c2/C=C/C(=O)/C=C/c2cccc([N+](=O)[O-])c2)cc1. The van der Waals surface area contributed by atoms with Crippen LogP contribution in [0.3, 0.4) is 0 Å². The summed E-state index contributed by atoms with van der Waals surface area (Å²) in [6.45, 7) is 0. The maximum atomic E-state index is 12.5. The molecule has 0 saturated heterocycles. The van der Waals surface area contributed by atoms with Gasteiger partial charge in [0.05, 0.1) is 26.3 Å². The Hall–Kier alpha value is -4.65. The van der Waals surface area contributed by atoms with Crippen LogP contribution in [0.15, 0.2) is 72.8 Å². The van der Waals surface area contributed by atoms with E-state index in [9.17, 15) is 14.9 Å². The molecular weight excluding hydrogens is 446 g/mol. The number of carbonyl (C=O) groups excluding carboxylic acids is 1. The van der Waals surface area contributed by atoms with E-state index in [1.807, 2.05) is 42.5 Å². The molecule has 7 nitrogen and oxygen atoms in total. The molecule has 0 heterocycles. The van der Waals surface area contributed by atoms with E-state index in [2.05, 4.69) is 0 Å². The minimum atomic E-state index is -0.476. The number of nitro benzene ring substituents is 1. The molecule has 0 fully saturated rings. The number of non-ortho nitro benzene ring substituents is 1. The summed E-state index contributed by atoms with van der Waals surface area (Å²) < 4.78 is 16.1. The van der Waals surface area contributed by atoms with Gasteiger partial charge in [0.25, 0.3) is 5.69 Å². The van der Waals surface area contributed by atoms with E-state index in [4.69, 9.17) is 14.2 Å². The molecule has 0 aliphatic rings. The zero-order chi connectivity index (χ0) is 25.2. The van der Waals surface area contributed by atoms with Crippen molar-refractivity contribution in [3.63, 3.8) is 0 Å². The molecule has 0 aliphatic heterocycles. The summed E-state index contributed by atoms with van der Waals surface area (Å²) >= 11 is 0. The van der Waals surface area contributed by atoms with E-state index in [1.54, 1.807) is 45.6 Å². The monoisotopic (exact) mass is 471 g/mol. The first-order chi connectivity index (χ1) is 16.9. The first-order valence-electron chi connectivity index (χ1n) is 10.7. The van der Waals surface area contributed by atoms with Crippen LogP contribution in [0.2, 0.25) is 0 Å². The van der Waals surface area contributed by atoms with Gasteiger partial charge in [0.2, 0.25) is 0 Å². The molecule has 3 aromatic rings. The van der Waals surface area contributed by atoms with Crippen molar-refractivity contribution in [3.8, 4) is 17.2 Å². The molecule has 3 rings (SSSR count). The fourth-order valence-electron chi connectivity index (χ4n) is 3.27. The third kappa shape index (κ3) is 6.91. The van der Waals surface area contributed by atoms with Crippen LogP contribution in [0, 0.1) is 10.1 Å². The Balaban J connectivity index is 1.87. The van der Waals surface area contributed by atoms with Crippen LogP contribution in [0.25, 0.3) is 24.3 Å². The van der Waals surface area contributed by atoms with Crippen molar-refractivity contribution >= 4 is 35.8 Å². The molecule has 0 amide bonds. The number of benzene rings is 3. The van der Waals surface area contributed by atoms with Crippen LogP contribution in [0.4, 0.5) is 5.69 Å². The second kappa shape index (κ2) is 12.0. The molecule has 0 atom stereocenters. The highest BCUT2D eigenvalue weighted by molar-refractivity contribution is 6.05. The van der Waals surface area contributed by atoms with Gasteiger partial charge in [-0.2, -0.15) is 0 Å². The van der Waals surface area contributed by atoms with Gasteiger partial charge in [0.15, 0.2) is 5.78 Å². The van der Waals surface area contributed by atoms with E-state index >= 15 is 0 Å². The number of hydrogen-bond donors (Lipinski definition) is 0. The van der Waals surface area contributed by atoms with Crippen LogP contribution in [-0.2, 0) is 4.79 Å². The minimum Gasteiger partial charge on any atom is -0.497 e. The number of allylic oxidation sites excluding steroid dienone is 2. The Kier molecular flexibility index (Phi) is 8.56. The lowest BCUT2D eigenvalue weighted by Gasteiger charge is -2.11. The molecule has 0 bridgehead atoms. The molecule has 178 valence electrons. The van der Waals surface area contributed by atoms with E-state index in [-0.39, 0.29) is 11.5 Å². The van der Waals surface area contributed by atoms with Crippen molar-refractivity contribution in [3.05, 3.63) is 105 Å². The minimum absolute atomic E-state index is 0.0357. The van der Waals surface area contributed by atoms with E-state index in [1.165, 1.54) is 30.4 Å². The summed E-state index contributed by atoms with van der Waals surface area (Å²) in [5.41, 5.74) is 3.00. The quantitative estimate of drug-likeness (QED) is 0.154. The predicted octanol–water partition coefficient (Wildman–Crippen LogP) is 6.09. The molecule has 3 aromatic carbocycles. The van der Waals surface area contributed by atoms with Gasteiger partial charge in [0, 0.05) is 23.8 Å². The van der Waals surface area contributed by atoms with Crippen molar-refractivity contribution in [2.24, 2.45) is 0 Å². The van der Waals surface area contributed by atoms with Gasteiger partial charge >= 0.3 is 0 Å². The average molecular weight is 472 g/mol. The summed E-state index contributed by atoms with van der Waals surface area (Å²) in [6.07, 6.45) is 9.84. The number of carbonyl (C=O) groups is 1. The molecule has 7 heteroatoms. The van der Waals surface area contributed by atoms with Crippen molar-refractivity contribution < 1.29 is 23.9 Å². The summed E-state index contributed by atoms with van der Waals surface area (Å²) in [7, 11) is 4.74. The van der Waals surface area contributed by atoms with Crippen molar-refractivity contribution in [2.45, 2.75) is 0 Å². The van der Waals surface area contributed by atoms with Crippen molar-refractivity contribution in [1.82, 2.24) is 0 Å². The van der Waals surface area contributed by atoms with Crippen LogP contribution in [0.1, 0.15) is 22.3 Å². The Morgan fingerprint density at radius 1 is 0.771 bits per heavy atom. The van der Waals surface area contributed by atoms with Gasteiger partial charge in [-0.3, -0.25) is 14.9 Å². The standard InChI is InChI=1S/C28H25NO6/c1-33-25-14-9-20(10-15-25)7-11-22-18-26(34-2)19-28(35-3)27(22)16-13-24(30)12-8-21-5-4-6-23(17-21)29(31)32/h4-19H,1-3H3/b11-7+,12-8+,16-13+. The molecule has 0 aromatic heterocycles. The van der Waals surface area contributed by atoms with Crippen LogP contribution >= 0.6 is 0 Å². The number of methoxy groups -OCH3 is 3. The van der Waals surface area contributed by atoms with Crippen LogP contribution in [-0.4, -0.2) is 32.0 Å². The lowest BCUT2D eigenvalue weighted by molar-refractivity contribution is -0.384. The smallest absolute Gasteiger partial charge is 0.270 e. The lowest BCUT2D eigenvalue weighted by Crippen LogP contribution is -1.94. The molecule has 35 heavy (non-hydrogen) atoms. The largest absolute Gasteiger partial charge is 0.497 e. The number of nitro groups is 1. The third-order valence-electron chi connectivity index (χ3n) is 5.11. The first kappa shape index (κ1) is 25.0. The van der Waals surface area contributed by atoms with Gasteiger partial charge < -0.3 is 14.2 Å². The molecule has 0 unspecified atom stereocenters. The second-order valence-corrected chi connectivity index (χ2v) is 7.36. The Morgan fingerprint density at radius 3 is 2.14 bits per heavy atom. The lowest BCUT2D eigenvalue weighted by atomic mass is 10.0. The predicted molar refractivity (Wildman–Crippen MR) is 138 cm³/mol. The van der Waals surface area contributed by atoms with Gasteiger partial charge in [-0.05, 0) is 53.1 Å². The van der Waals surface area contributed by atoms with Crippen LogP contribution < -0.4 is 14.2 Å². The number of nitrogens with zero attached hydrogens (tertiary/aromatic N) is 1. The van der Waals surface area contributed by atoms with Gasteiger partial charge in [-0.25, -0.2) is 0 Å². The Labute approximate surface area is 203 Å². The molecular formula is C28H25NO6. The fraction of sp³-hybridized carbons (Fsp3) is 0.107. The van der Waals surface area contributed by atoms with Crippen molar-refractivity contribution in [2.75, 3.05) is 21.3 Å². The number of ketones is 1. The van der Waals surface area contributed by atoms with Gasteiger partial charge in [-0.1, -0.05) is 42.5 Å². The van der Waals surface area contributed by atoms with Gasteiger partial charge in [0.1, 0.15) is 17.2 Å². The summed E-state index contributed by atoms with van der Waals surface area (Å²) in [5, 5.41) is 10.9. The summed E-state index contributed by atoms with van der Waals surface area (Å²) in [5.74, 6) is 1.65. The molecule has 0 N–H and O–H groups in total. The normalized spacial score (nSPS) is 11.3. The van der Waals surface area contributed by atoms with Gasteiger partial charge in [-0.15, -0.1) is 0 Å². The molecule has 0 saturated carbocycles. The highest BCUT2D eigenvalue weighted by Gasteiger charge is 2.09. The second-order valence-electron chi connectivity index (χ2n) is 7.36. The molecule has 0 aliphatic carbocycles. The maximum absolute atomic E-state index is 12.5. The topological polar surface area (TPSA) is 87.9 Å². The number of hydrogen-bond acceptors (Lipinski definition) is 6. The van der Waals surface area contributed by atoms with E-state index in [0.29, 0.717) is 22.6 Å². The number of ether oxygens (including phenoxy) is 3. The van der Waals surface area contributed by atoms with Crippen LogP contribution in [0.5, 0.6) is 17.2 Å². The zero-order valence-corrected chi connectivity index (χ0v) is 19.6. The highest BCUT2D eigenvalue weighted by atomic mass is 16.6. The summed E-state index contributed by atoms with van der Waals surface area (Å²) in [6, 6.07) is 17.3.